The van der Waals surface area contributed by atoms with Crippen LogP contribution in [-0.4, -0.2) is 49.7 Å². The number of hydrogen-bond acceptors (Lipinski definition) is 7. The summed E-state index contributed by atoms with van der Waals surface area (Å²) in [6, 6.07) is 3.62. The van der Waals surface area contributed by atoms with Crippen molar-refractivity contribution in [2.45, 2.75) is 39.0 Å². The molecule has 0 saturated carbocycles. The van der Waals surface area contributed by atoms with E-state index in [1.165, 1.54) is 0 Å². The van der Waals surface area contributed by atoms with Crippen LogP contribution in [0.5, 0.6) is 11.5 Å². The molecule has 29 heavy (non-hydrogen) atoms. The molecule has 0 aliphatic carbocycles. The fourth-order valence-corrected chi connectivity index (χ4v) is 3.68. The van der Waals surface area contributed by atoms with Crippen molar-refractivity contribution in [1.82, 2.24) is 15.3 Å². The lowest BCUT2D eigenvalue weighted by Crippen LogP contribution is -2.37. The van der Waals surface area contributed by atoms with E-state index in [1.807, 2.05) is 6.07 Å². The molecule has 1 aromatic carbocycles. The van der Waals surface area contributed by atoms with Crippen LogP contribution in [-0.2, 0) is 4.79 Å². The minimum atomic E-state index is 0.157. The minimum absolute atomic E-state index is 0.157. The van der Waals surface area contributed by atoms with Crippen molar-refractivity contribution < 1.29 is 14.3 Å². The molecule has 0 bridgehead atoms. The van der Waals surface area contributed by atoms with Gasteiger partial charge in [-0.05, 0) is 31.2 Å². The average Bonchev–Trinajstić information content (AvgIpc) is 2.73. The van der Waals surface area contributed by atoms with E-state index in [1.54, 1.807) is 20.3 Å². The molecule has 0 radical (unpaired) electrons. The Bertz CT molecular complexity index is 850. The largest absolute Gasteiger partial charge is 0.493 e. The molecule has 0 spiro atoms. The van der Waals surface area contributed by atoms with Crippen LogP contribution in [0.3, 0.4) is 0 Å². The summed E-state index contributed by atoms with van der Waals surface area (Å²) < 4.78 is 10.7. The Hall–Kier alpha value is -2.77. The van der Waals surface area contributed by atoms with Crippen molar-refractivity contribution in [3.8, 4) is 11.5 Å². The van der Waals surface area contributed by atoms with E-state index < -0.39 is 0 Å². The van der Waals surface area contributed by atoms with Gasteiger partial charge in [0.1, 0.15) is 5.82 Å². The zero-order valence-electron chi connectivity index (χ0n) is 17.5. The number of unbranched alkanes of at least 4 members (excludes halogenated alkanes) is 1. The Balaban J connectivity index is 1.66. The van der Waals surface area contributed by atoms with Gasteiger partial charge in [-0.1, -0.05) is 13.3 Å². The Kier molecular flexibility index (Phi) is 6.95. The molecular formula is C21H31N5O3. The molecule has 1 aromatic heterocycles. The first-order valence-corrected chi connectivity index (χ1v) is 10.3. The number of benzene rings is 1. The number of carbonyl (C=O) groups excluding carboxylic acids is 1. The molecule has 8 nitrogen and oxygen atoms in total. The molecule has 8 heteroatoms. The summed E-state index contributed by atoms with van der Waals surface area (Å²) in [5, 5.41) is 3.75. The van der Waals surface area contributed by atoms with Gasteiger partial charge in [-0.25, -0.2) is 4.98 Å². The lowest BCUT2D eigenvalue weighted by molar-refractivity contribution is -0.122. The van der Waals surface area contributed by atoms with Crippen LogP contribution in [0.4, 0.5) is 11.8 Å². The second-order valence-electron chi connectivity index (χ2n) is 7.47. The first-order valence-electron chi connectivity index (χ1n) is 10.3. The van der Waals surface area contributed by atoms with Gasteiger partial charge in [0.15, 0.2) is 11.5 Å². The highest BCUT2D eigenvalue weighted by Gasteiger charge is 2.24. The summed E-state index contributed by atoms with van der Waals surface area (Å²) in [5.41, 5.74) is 6.93. The number of aromatic nitrogens is 2. The fraction of sp³-hybridized carbons (Fsp3) is 0.571. The molecule has 158 valence electrons. The minimum Gasteiger partial charge on any atom is -0.493 e. The number of hydrogen-bond donors (Lipinski definition) is 2. The van der Waals surface area contributed by atoms with Crippen LogP contribution in [0.25, 0.3) is 10.9 Å². The number of ether oxygens (including phenoxy) is 2. The van der Waals surface area contributed by atoms with Gasteiger partial charge in [-0.15, -0.1) is 0 Å². The van der Waals surface area contributed by atoms with Gasteiger partial charge in [0.05, 0.1) is 19.7 Å². The molecule has 0 atom stereocenters. The molecule has 1 fully saturated rings. The van der Waals surface area contributed by atoms with Crippen molar-refractivity contribution in [1.29, 1.82) is 0 Å². The number of carbonyl (C=O) groups is 1. The molecule has 3 rings (SSSR count). The molecule has 3 N–H and O–H groups in total. The normalized spacial score (nSPS) is 14.8. The van der Waals surface area contributed by atoms with E-state index in [4.69, 9.17) is 20.2 Å². The van der Waals surface area contributed by atoms with E-state index in [0.29, 0.717) is 35.6 Å². The summed E-state index contributed by atoms with van der Waals surface area (Å²) in [4.78, 5) is 23.4. The zero-order chi connectivity index (χ0) is 20.8. The van der Waals surface area contributed by atoms with Gasteiger partial charge >= 0.3 is 0 Å². The number of nitrogens with zero attached hydrogens (tertiary/aromatic N) is 3. The number of methoxy groups -OCH3 is 2. The van der Waals surface area contributed by atoms with Gasteiger partial charge in [0, 0.05) is 37.5 Å². The molecule has 1 aliphatic rings. The van der Waals surface area contributed by atoms with E-state index >= 15 is 0 Å². The summed E-state index contributed by atoms with van der Waals surface area (Å²) in [5.74, 6) is 2.80. The monoisotopic (exact) mass is 401 g/mol. The number of piperidine rings is 1. The molecule has 1 amide bonds. The number of nitrogen functional groups attached to an aromatic ring is 1. The first kappa shape index (κ1) is 21.0. The third-order valence-electron chi connectivity index (χ3n) is 5.44. The van der Waals surface area contributed by atoms with E-state index in [9.17, 15) is 4.79 Å². The number of anilines is 2. The van der Waals surface area contributed by atoms with Gasteiger partial charge in [0.25, 0.3) is 0 Å². The Morgan fingerprint density at radius 2 is 1.90 bits per heavy atom. The molecule has 0 unspecified atom stereocenters. The number of fused-ring (bicyclic) bond motifs is 1. The number of nitrogens with two attached hydrogens (primary N) is 1. The highest BCUT2D eigenvalue weighted by molar-refractivity contribution is 5.91. The zero-order valence-corrected chi connectivity index (χ0v) is 17.5. The van der Waals surface area contributed by atoms with Crippen LogP contribution >= 0.6 is 0 Å². The van der Waals surface area contributed by atoms with Crippen molar-refractivity contribution in [3.63, 3.8) is 0 Å². The van der Waals surface area contributed by atoms with Crippen LogP contribution in [0.15, 0.2) is 12.1 Å². The van der Waals surface area contributed by atoms with Crippen molar-refractivity contribution >= 4 is 28.6 Å². The van der Waals surface area contributed by atoms with Crippen molar-refractivity contribution in [3.05, 3.63) is 12.1 Å². The van der Waals surface area contributed by atoms with Crippen LogP contribution in [0.1, 0.15) is 39.0 Å². The van der Waals surface area contributed by atoms with E-state index in [0.717, 1.165) is 56.2 Å². The number of nitrogens with one attached hydrogen (secondary N) is 1. The lowest BCUT2D eigenvalue weighted by atomic mass is 9.93. The third kappa shape index (κ3) is 4.99. The third-order valence-corrected chi connectivity index (χ3v) is 5.44. The first-order chi connectivity index (χ1) is 14.0. The average molecular weight is 402 g/mol. The standard InChI is InChI=1S/C21H31N5O3/c1-4-5-8-23-19(27)11-14-6-9-26(10-7-14)21-24-16-13-18(29-3)17(28-2)12-15(16)20(22)25-21/h12-14H,4-11H2,1-3H3,(H,23,27)(H2,22,24,25). The predicted molar refractivity (Wildman–Crippen MR) is 115 cm³/mol. The molecule has 1 saturated heterocycles. The van der Waals surface area contributed by atoms with Gasteiger partial charge in [-0.2, -0.15) is 4.98 Å². The Labute approximate surface area is 171 Å². The molecule has 2 heterocycles. The van der Waals surface area contributed by atoms with Crippen LogP contribution in [0.2, 0.25) is 0 Å². The van der Waals surface area contributed by atoms with Crippen molar-refractivity contribution in [2.75, 3.05) is 44.5 Å². The predicted octanol–water partition coefficient (Wildman–Crippen LogP) is 2.75. The van der Waals surface area contributed by atoms with E-state index in [2.05, 4.69) is 22.1 Å². The fourth-order valence-electron chi connectivity index (χ4n) is 3.68. The number of amides is 1. The van der Waals surface area contributed by atoms with Gasteiger partial charge in [0.2, 0.25) is 11.9 Å². The maximum Gasteiger partial charge on any atom is 0.227 e. The molecule has 2 aromatic rings. The second kappa shape index (κ2) is 9.62. The number of rotatable bonds is 8. The summed E-state index contributed by atoms with van der Waals surface area (Å²) in [7, 11) is 3.18. The maximum absolute atomic E-state index is 12.1. The highest BCUT2D eigenvalue weighted by atomic mass is 16.5. The Morgan fingerprint density at radius 3 is 2.55 bits per heavy atom. The molecule has 1 aliphatic heterocycles. The van der Waals surface area contributed by atoms with Crippen molar-refractivity contribution in [2.24, 2.45) is 5.92 Å². The summed E-state index contributed by atoms with van der Waals surface area (Å²) in [6.07, 6.45) is 4.59. The topological polar surface area (TPSA) is 103 Å². The van der Waals surface area contributed by atoms with Crippen LogP contribution in [0, 0.1) is 5.92 Å². The maximum atomic E-state index is 12.1. The van der Waals surface area contributed by atoms with Crippen LogP contribution < -0.4 is 25.4 Å². The summed E-state index contributed by atoms with van der Waals surface area (Å²) in [6.45, 7) is 4.51. The molecular weight excluding hydrogens is 370 g/mol. The lowest BCUT2D eigenvalue weighted by Gasteiger charge is -2.32. The summed E-state index contributed by atoms with van der Waals surface area (Å²) >= 11 is 0. The highest BCUT2D eigenvalue weighted by Crippen LogP contribution is 2.34. The second-order valence-corrected chi connectivity index (χ2v) is 7.47. The Morgan fingerprint density at radius 1 is 1.21 bits per heavy atom. The quantitative estimate of drug-likeness (QED) is 0.656. The van der Waals surface area contributed by atoms with E-state index in [-0.39, 0.29) is 5.91 Å². The van der Waals surface area contributed by atoms with Gasteiger partial charge < -0.3 is 25.4 Å². The SMILES string of the molecule is CCCCNC(=O)CC1CCN(c2nc(N)c3cc(OC)c(OC)cc3n2)CC1. The smallest absolute Gasteiger partial charge is 0.227 e. The van der Waals surface area contributed by atoms with Gasteiger partial charge in [-0.3, -0.25) is 4.79 Å².